The lowest BCUT2D eigenvalue weighted by atomic mass is 9.98. The molecule has 1 saturated carbocycles. The largest absolute Gasteiger partial charge is 0.390 e. The lowest BCUT2D eigenvalue weighted by molar-refractivity contribution is -0.127. The van der Waals surface area contributed by atoms with E-state index in [0.717, 1.165) is 38.2 Å². The van der Waals surface area contributed by atoms with Gasteiger partial charge in [0, 0.05) is 24.8 Å². The van der Waals surface area contributed by atoms with Crippen LogP contribution in [0.2, 0.25) is 0 Å². The lowest BCUT2D eigenvalue weighted by Gasteiger charge is -2.27. The van der Waals surface area contributed by atoms with Crippen molar-refractivity contribution in [2.24, 2.45) is 0 Å². The molecule has 37 heavy (non-hydrogen) atoms. The van der Waals surface area contributed by atoms with E-state index in [9.17, 15) is 18.7 Å². The molecule has 0 aromatic heterocycles. The molecule has 1 aliphatic rings. The second-order valence-corrected chi connectivity index (χ2v) is 9.76. The van der Waals surface area contributed by atoms with E-state index >= 15 is 0 Å². The summed E-state index contributed by atoms with van der Waals surface area (Å²) in [5.41, 5.74) is 2.58. The van der Waals surface area contributed by atoms with Crippen LogP contribution in [-0.4, -0.2) is 56.1 Å². The third-order valence-corrected chi connectivity index (χ3v) is 6.72. The Morgan fingerprint density at radius 3 is 2.43 bits per heavy atom. The fourth-order valence-corrected chi connectivity index (χ4v) is 4.37. The SMILES string of the molecule is CCCCOCCOCC(=O)NC(Cc1cc(F)cc(F)c1)C(O)CNC1(c2cccc(CC)c2)CC1. The van der Waals surface area contributed by atoms with Crippen LogP contribution >= 0.6 is 0 Å². The van der Waals surface area contributed by atoms with Crippen molar-refractivity contribution in [1.82, 2.24) is 10.6 Å². The van der Waals surface area contributed by atoms with Gasteiger partial charge >= 0.3 is 0 Å². The maximum absolute atomic E-state index is 13.8. The van der Waals surface area contributed by atoms with E-state index in [-0.39, 0.29) is 31.7 Å². The molecule has 3 rings (SSSR count). The maximum Gasteiger partial charge on any atom is 0.246 e. The summed E-state index contributed by atoms with van der Waals surface area (Å²) >= 11 is 0. The monoisotopic (exact) mass is 518 g/mol. The van der Waals surface area contributed by atoms with Crippen molar-refractivity contribution in [2.75, 3.05) is 33.0 Å². The molecule has 0 bridgehead atoms. The summed E-state index contributed by atoms with van der Waals surface area (Å²) in [5.74, 6) is -1.81. The summed E-state index contributed by atoms with van der Waals surface area (Å²) < 4.78 is 38.4. The van der Waals surface area contributed by atoms with Crippen LogP contribution in [-0.2, 0) is 32.6 Å². The number of aliphatic hydroxyl groups excluding tert-OH is 1. The molecule has 0 heterocycles. The highest BCUT2D eigenvalue weighted by Crippen LogP contribution is 2.45. The quantitative estimate of drug-likeness (QED) is 0.276. The molecule has 3 N–H and O–H groups in total. The van der Waals surface area contributed by atoms with Crippen molar-refractivity contribution < 1.29 is 28.2 Å². The predicted molar refractivity (Wildman–Crippen MR) is 139 cm³/mol. The van der Waals surface area contributed by atoms with E-state index in [4.69, 9.17) is 9.47 Å². The van der Waals surface area contributed by atoms with Crippen LogP contribution in [0.25, 0.3) is 0 Å². The number of unbranched alkanes of at least 4 members (excludes halogenated alkanes) is 1. The Hall–Kier alpha value is -2.39. The molecule has 0 aliphatic heterocycles. The van der Waals surface area contributed by atoms with Crippen molar-refractivity contribution in [3.05, 3.63) is 70.8 Å². The molecule has 0 spiro atoms. The van der Waals surface area contributed by atoms with Gasteiger partial charge in [-0.15, -0.1) is 0 Å². The lowest BCUT2D eigenvalue weighted by Crippen LogP contribution is -2.51. The molecule has 2 unspecified atom stereocenters. The maximum atomic E-state index is 13.8. The van der Waals surface area contributed by atoms with Crippen LogP contribution in [0, 0.1) is 11.6 Å². The van der Waals surface area contributed by atoms with Gasteiger partial charge in [-0.1, -0.05) is 44.5 Å². The number of carbonyl (C=O) groups excluding carboxylic acids is 1. The Kier molecular flexibility index (Phi) is 11.4. The second-order valence-electron chi connectivity index (χ2n) is 9.76. The Balaban J connectivity index is 1.59. The number of carbonyl (C=O) groups is 1. The Labute approximate surface area is 218 Å². The summed E-state index contributed by atoms with van der Waals surface area (Å²) in [7, 11) is 0. The van der Waals surface area contributed by atoms with Gasteiger partial charge < -0.3 is 25.2 Å². The third kappa shape index (κ3) is 9.45. The molecule has 8 heteroatoms. The van der Waals surface area contributed by atoms with E-state index in [2.05, 4.69) is 42.7 Å². The fraction of sp³-hybridized carbons (Fsp3) is 0.552. The minimum absolute atomic E-state index is 0.0711. The molecule has 0 radical (unpaired) electrons. The molecule has 2 atom stereocenters. The number of hydrogen-bond acceptors (Lipinski definition) is 5. The van der Waals surface area contributed by atoms with Gasteiger partial charge in [0.05, 0.1) is 25.4 Å². The normalized spacial score (nSPS) is 15.8. The standard InChI is InChI=1S/C29H40F2N2O4/c1-3-5-11-36-12-13-37-20-28(35)33-26(17-22-15-24(30)18-25(31)16-22)27(34)19-32-29(9-10-29)23-8-6-7-21(4-2)14-23/h6-8,14-16,18,26-27,32,34H,3-5,9-13,17,19-20H2,1-2H3,(H,33,35). The van der Waals surface area contributed by atoms with Gasteiger partial charge in [-0.3, -0.25) is 4.79 Å². The summed E-state index contributed by atoms with van der Waals surface area (Å²) in [5, 5.41) is 17.3. The van der Waals surface area contributed by atoms with Crippen LogP contribution in [0.15, 0.2) is 42.5 Å². The predicted octanol–water partition coefficient (Wildman–Crippen LogP) is 4.03. The molecule has 6 nitrogen and oxygen atoms in total. The zero-order valence-electron chi connectivity index (χ0n) is 21.9. The van der Waals surface area contributed by atoms with Crippen molar-refractivity contribution in [3.63, 3.8) is 0 Å². The molecule has 2 aromatic rings. The molecule has 204 valence electrons. The molecule has 1 amide bonds. The first kappa shape index (κ1) is 29.2. The number of halogens is 2. The summed E-state index contributed by atoms with van der Waals surface area (Å²) in [6.07, 6.45) is 3.95. The third-order valence-electron chi connectivity index (χ3n) is 6.72. The van der Waals surface area contributed by atoms with Gasteiger partial charge in [0.1, 0.15) is 18.2 Å². The topological polar surface area (TPSA) is 79.8 Å². The first-order valence-electron chi connectivity index (χ1n) is 13.3. The number of nitrogens with one attached hydrogen (secondary N) is 2. The van der Waals surface area contributed by atoms with Crippen LogP contribution in [0.5, 0.6) is 0 Å². The van der Waals surface area contributed by atoms with Crippen LogP contribution < -0.4 is 10.6 Å². The smallest absolute Gasteiger partial charge is 0.246 e. The summed E-state index contributed by atoms with van der Waals surface area (Å²) in [6.45, 7) is 5.54. The molecule has 0 saturated heterocycles. The van der Waals surface area contributed by atoms with Crippen LogP contribution in [0.4, 0.5) is 8.78 Å². The Morgan fingerprint density at radius 2 is 1.76 bits per heavy atom. The van der Waals surface area contributed by atoms with Crippen molar-refractivity contribution >= 4 is 5.91 Å². The van der Waals surface area contributed by atoms with Gasteiger partial charge in [-0.05, 0) is 60.9 Å². The first-order valence-corrected chi connectivity index (χ1v) is 13.3. The second kappa shape index (κ2) is 14.5. The fourth-order valence-electron chi connectivity index (χ4n) is 4.37. The molecule has 2 aromatic carbocycles. The summed E-state index contributed by atoms with van der Waals surface area (Å²) in [4.78, 5) is 12.6. The number of ether oxygens (including phenoxy) is 2. The van der Waals surface area contributed by atoms with E-state index in [1.165, 1.54) is 23.3 Å². The van der Waals surface area contributed by atoms with E-state index in [1.807, 2.05) is 6.07 Å². The van der Waals surface area contributed by atoms with Gasteiger partial charge in [-0.25, -0.2) is 8.78 Å². The van der Waals surface area contributed by atoms with Crippen molar-refractivity contribution in [2.45, 2.75) is 70.1 Å². The molecular formula is C29H40F2N2O4. The number of rotatable bonds is 17. The highest BCUT2D eigenvalue weighted by atomic mass is 19.1. The first-order chi connectivity index (χ1) is 17.8. The number of amides is 1. The number of aliphatic hydroxyl groups is 1. The average molecular weight is 519 g/mol. The van der Waals surface area contributed by atoms with E-state index in [1.54, 1.807) is 0 Å². The highest BCUT2D eigenvalue weighted by Gasteiger charge is 2.44. The van der Waals surface area contributed by atoms with Gasteiger partial charge in [-0.2, -0.15) is 0 Å². The minimum atomic E-state index is -0.987. The average Bonchev–Trinajstić information content (AvgIpc) is 3.67. The summed E-state index contributed by atoms with van der Waals surface area (Å²) in [6, 6.07) is 10.9. The number of benzene rings is 2. The Bertz CT molecular complexity index is 979. The van der Waals surface area contributed by atoms with Gasteiger partial charge in [0.2, 0.25) is 5.91 Å². The van der Waals surface area contributed by atoms with Crippen molar-refractivity contribution in [1.29, 1.82) is 0 Å². The highest BCUT2D eigenvalue weighted by molar-refractivity contribution is 5.77. The zero-order chi connectivity index (χ0) is 26.7. The van der Waals surface area contributed by atoms with Crippen LogP contribution in [0.3, 0.4) is 0 Å². The zero-order valence-corrected chi connectivity index (χ0v) is 21.9. The van der Waals surface area contributed by atoms with Gasteiger partial charge in [0.15, 0.2) is 0 Å². The number of hydrogen-bond donors (Lipinski definition) is 3. The van der Waals surface area contributed by atoms with Crippen molar-refractivity contribution in [3.8, 4) is 0 Å². The van der Waals surface area contributed by atoms with Gasteiger partial charge in [0.25, 0.3) is 0 Å². The molecule has 1 fully saturated rings. The van der Waals surface area contributed by atoms with Crippen LogP contribution in [0.1, 0.15) is 56.2 Å². The van der Waals surface area contributed by atoms with E-state index in [0.29, 0.717) is 18.8 Å². The minimum Gasteiger partial charge on any atom is -0.390 e. The number of aryl methyl sites for hydroxylation is 1. The molecule has 1 aliphatic carbocycles. The van der Waals surface area contributed by atoms with E-state index < -0.39 is 29.7 Å². The Morgan fingerprint density at radius 1 is 1.03 bits per heavy atom. The molecular weight excluding hydrogens is 478 g/mol.